The quantitative estimate of drug-likeness (QED) is 0.812. The molecule has 1 aromatic heterocycles. The molecular weight excluding hydrogens is 368 g/mol. The molecule has 1 aliphatic rings. The Morgan fingerprint density at radius 2 is 1.78 bits per heavy atom. The van der Waals surface area contributed by atoms with Crippen molar-refractivity contribution in [3.05, 3.63) is 53.8 Å². The fraction of sp³-hybridized carbons (Fsp3) is 0.421. The summed E-state index contributed by atoms with van der Waals surface area (Å²) in [6.07, 6.45) is 0. The van der Waals surface area contributed by atoms with Crippen LogP contribution in [0.2, 0.25) is 0 Å². The minimum atomic E-state index is -3.75. The molecule has 27 heavy (non-hydrogen) atoms. The summed E-state index contributed by atoms with van der Waals surface area (Å²) in [7, 11) is -3.75. The molecule has 2 heterocycles. The van der Waals surface area contributed by atoms with Crippen molar-refractivity contribution >= 4 is 15.9 Å². The number of nitrogens with zero attached hydrogens (tertiary/aromatic N) is 1. The standard InChI is InChI=1S/C19H24N2O5S/c1-19(2,15-6-4-3-5-7-15)14-20-18(22)16-8-9-17(26-16)27(23,24)21-10-12-25-13-11-21/h3-9H,10-14H2,1-2H3,(H,20,22). The van der Waals surface area contributed by atoms with Gasteiger partial charge in [0.25, 0.3) is 15.9 Å². The van der Waals surface area contributed by atoms with Crippen LogP contribution in [-0.4, -0.2) is 51.5 Å². The maximum absolute atomic E-state index is 12.6. The summed E-state index contributed by atoms with van der Waals surface area (Å²) in [5, 5.41) is 2.60. The third kappa shape index (κ3) is 4.40. The average molecular weight is 392 g/mol. The summed E-state index contributed by atoms with van der Waals surface area (Å²) in [6.45, 7) is 5.69. The number of ether oxygens (including phenoxy) is 1. The second-order valence-corrected chi connectivity index (χ2v) is 8.94. The van der Waals surface area contributed by atoms with E-state index < -0.39 is 15.9 Å². The Balaban J connectivity index is 1.66. The molecule has 0 radical (unpaired) electrons. The van der Waals surface area contributed by atoms with Crippen LogP contribution < -0.4 is 5.32 Å². The summed E-state index contributed by atoms with van der Waals surface area (Å²) >= 11 is 0. The number of hydrogen-bond acceptors (Lipinski definition) is 5. The van der Waals surface area contributed by atoms with Crippen LogP contribution in [0.15, 0.2) is 52.0 Å². The van der Waals surface area contributed by atoms with E-state index in [2.05, 4.69) is 5.32 Å². The zero-order valence-corrected chi connectivity index (χ0v) is 16.3. The molecule has 2 aromatic rings. The molecule has 1 fully saturated rings. The van der Waals surface area contributed by atoms with Gasteiger partial charge in [-0.25, -0.2) is 8.42 Å². The van der Waals surface area contributed by atoms with Crippen molar-refractivity contribution in [2.24, 2.45) is 0 Å². The first-order valence-electron chi connectivity index (χ1n) is 8.82. The Morgan fingerprint density at radius 3 is 2.44 bits per heavy atom. The van der Waals surface area contributed by atoms with Crippen molar-refractivity contribution < 1.29 is 22.4 Å². The maximum Gasteiger partial charge on any atom is 0.287 e. The Morgan fingerprint density at radius 1 is 1.11 bits per heavy atom. The number of amides is 1. The molecule has 3 rings (SSSR count). The van der Waals surface area contributed by atoms with Gasteiger partial charge in [0, 0.05) is 25.0 Å². The number of morpholine rings is 1. The van der Waals surface area contributed by atoms with Crippen LogP contribution in [0.4, 0.5) is 0 Å². The third-order valence-corrected chi connectivity index (χ3v) is 6.39. The lowest BCUT2D eigenvalue weighted by atomic mass is 9.84. The molecule has 146 valence electrons. The lowest BCUT2D eigenvalue weighted by molar-refractivity contribution is 0.0722. The lowest BCUT2D eigenvalue weighted by Gasteiger charge is -2.25. The minimum Gasteiger partial charge on any atom is -0.438 e. The molecule has 1 amide bonds. The van der Waals surface area contributed by atoms with Gasteiger partial charge < -0.3 is 14.5 Å². The number of nitrogens with one attached hydrogen (secondary N) is 1. The van der Waals surface area contributed by atoms with Gasteiger partial charge in [-0.1, -0.05) is 44.2 Å². The highest BCUT2D eigenvalue weighted by Crippen LogP contribution is 2.23. The van der Waals surface area contributed by atoms with E-state index in [1.165, 1.54) is 16.4 Å². The number of benzene rings is 1. The zero-order chi connectivity index (χ0) is 19.5. The normalized spacial score (nSPS) is 16.2. The summed E-state index contributed by atoms with van der Waals surface area (Å²) in [5.41, 5.74) is 0.826. The number of rotatable bonds is 6. The molecule has 0 bridgehead atoms. The van der Waals surface area contributed by atoms with Gasteiger partial charge in [0.15, 0.2) is 5.76 Å². The van der Waals surface area contributed by atoms with Gasteiger partial charge in [0.2, 0.25) is 5.09 Å². The monoisotopic (exact) mass is 392 g/mol. The number of carbonyl (C=O) groups excluding carboxylic acids is 1. The molecule has 0 unspecified atom stereocenters. The minimum absolute atomic E-state index is 0.0225. The van der Waals surface area contributed by atoms with Gasteiger partial charge in [-0.2, -0.15) is 4.31 Å². The van der Waals surface area contributed by atoms with E-state index in [0.717, 1.165) is 5.56 Å². The average Bonchev–Trinajstić information content (AvgIpc) is 3.19. The molecule has 1 saturated heterocycles. The topological polar surface area (TPSA) is 88.9 Å². The summed E-state index contributed by atoms with van der Waals surface area (Å²) < 4.78 is 37.0. The first kappa shape index (κ1) is 19.6. The molecule has 1 aliphatic heterocycles. The molecule has 8 heteroatoms. The van der Waals surface area contributed by atoms with Crippen molar-refractivity contribution in [1.29, 1.82) is 0 Å². The fourth-order valence-corrected chi connectivity index (χ4v) is 4.19. The Kier molecular flexibility index (Phi) is 5.69. The number of carbonyl (C=O) groups is 1. The van der Waals surface area contributed by atoms with E-state index in [9.17, 15) is 13.2 Å². The van der Waals surface area contributed by atoms with E-state index in [-0.39, 0.29) is 29.4 Å². The van der Waals surface area contributed by atoms with Gasteiger partial charge >= 0.3 is 0 Å². The molecule has 1 aromatic carbocycles. The van der Waals surface area contributed by atoms with Gasteiger partial charge in [-0.15, -0.1) is 0 Å². The van der Waals surface area contributed by atoms with Crippen molar-refractivity contribution in [3.8, 4) is 0 Å². The first-order valence-corrected chi connectivity index (χ1v) is 10.3. The van der Waals surface area contributed by atoms with Crippen molar-refractivity contribution in [2.75, 3.05) is 32.8 Å². The van der Waals surface area contributed by atoms with Crippen molar-refractivity contribution in [1.82, 2.24) is 9.62 Å². The zero-order valence-electron chi connectivity index (χ0n) is 15.5. The van der Waals surface area contributed by atoms with Crippen LogP contribution in [0.3, 0.4) is 0 Å². The predicted molar refractivity (Wildman–Crippen MR) is 100 cm³/mol. The van der Waals surface area contributed by atoms with Crippen LogP contribution in [0.25, 0.3) is 0 Å². The first-order chi connectivity index (χ1) is 12.8. The van der Waals surface area contributed by atoms with Gasteiger partial charge in [-0.05, 0) is 17.7 Å². The molecule has 1 N–H and O–H groups in total. The largest absolute Gasteiger partial charge is 0.438 e. The Hall–Kier alpha value is -2.16. The highest BCUT2D eigenvalue weighted by atomic mass is 32.2. The van der Waals surface area contributed by atoms with Crippen molar-refractivity contribution in [2.45, 2.75) is 24.4 Å². The second kappa shape index (κ2) is 7.84. The lowest BCUT2D eigenvalue weighted by Crippen LogP contribution is -2.40. The molecule has 0 atom stereocenters. The van der Waals surface area contributed by atoms with Crippen LogP contribution in [0, 0.1) is 0 Å². The highest BCUT2D eigenvalue weighted by molar-refractivity contribution is 7.89. The second-order valence-electron chi connectivity index (χ2n) is 7.07. The van der Waals surface area contributed by atoms with Gasteiger partial charge in [-0.3, -0.25) is 4.79 Å². The fourth-order valence-electron chi connectivity index (χ4n) is 2.87. The number of hydrogen-bond donors (Lipinski definition) is 1. The summed E-state index contributed by atoms with van der Waals surface area (Å²) in [6, 6.07) is 12.6. The van der Waals surface area contributed by atoms with E-state index >= 15 is 0 Å². The predicted octanol–water partition coefficient (Wildman–Crippen LogP) is 2.01. The van der Waals surface area contributed by atoms with Crippen molar-refractivity contribution in [3.63, 3.8) is 0 Å². The number of sulfonamides is 1. The van der Waals surface area contributed by atoms with Crippen LogP contribution in [0.5, 0.6) is 0 Å². The van der Waals surface area contributed by atoms with Crippen LogP contribution in [-0.2, 0) is 20.2 Å². The van der Waals surface area contributed by atoms with Crippen LogP contribution in [0.1, 0.15) is 30.0 Å². The van der Waals surface area contributed by atoms with E-state index in [1.807, 2.05) is 44.2 Å². The number of furan rings is 1. The van der Waals surface area contributed by atoms with E-state index in [4.69, 9.17) is 9.15 Å². The molecule has 0 spiro atoms. The molecule has 0 aliphatic carbocycles. The van der Waals surface area contributed by atoms with Crippen LogP contribution >= 0.6 is 0 Å². The Bertz CT molecular complexity index is 884. The van der Waals surface area contributed by atoms with E-state index in [0.29, 0.717) is 19.8 Å². The molecule has 7 nitrogen and oxygen atoms in total. The smallest absolute Gasteiger partial charge is 0.287 e. The third-order valence-electron chi connectivity index (χ3n) is 4.62. The maximum atomic E-state index is 12.6. The van der Waals surface area contributed by atoms with E-state index in [1.54, 1.807) is 0 Å². The SMILES string of the molecule is CC(C)(CNC(=O)c1ccc(S(=O)(=O)N2CCOCC2)o1)c1ccccc1. The summed E-state index contributed by atoms with van der Waals surface area (Å²) in [5.74, 6) is -0.465. The highest BCUT2D eigenvalue weighted by Gasteiger charge is 2.30. The Labute approximate surface area is 159 Å². The molecule has 0 saturated carbocycles. The van der Waals surface area contributed by atoms with Gasteiger partial charge in [0.05, 0.1) is 13.2 Å². The summed E-state index contributed by atoms with van der Waals surface area (Å²) in [4.78, 5) is 12.4. The van der Waals surface area contributed by atoms with Gasteiger partial charge in [0.1, 0.15) is 0 Å². The molecular formula is C19H24N2O5S.